The summed E-state index contributed by atoms with van der Waals surface area (Å²) < 4.78 is 23.1. The first-order valence-electron chi connectivity index (χ1n) is 10.3. The number of hydrogen-bond acceptors (Lipinski definition) is 4. The molecule has 1 amide bonds. The van der Waals surface area contributed by atoms with Crippen LogP contribution in [0.15, 0.2) is 47.5 Å². The van der Waals surface area contributed by atoms with E-state index in [4.69, 9.17) is 4.74 Å². The number of amides is 1. The Bertz CT molecular complexity index is 1230. The number of fused-ring (bicyclic) bond motifs is 4. The fourth-order valence-corrected chi connectivity index (χ4v) is 4.87. The van der Waals surface area contributed by atoms with Gasteiger partial charge in [-0.05, 0) is 36.6 Å². The highest BCUT2D eigenvalue weighted by molar-refractivity contribution is 5.94. The largest absolute Gasteiger partial charge is 0.497 e. The second-order valence-corrected chi connectivity index (χ2v) is 8.30. The lowest BCUT2D eigenvalue weighted by molar-refractivity contribution is 0.0590. The van der Waals surface area contributed by atoms with Crippen LogP contribution in [0, 0.1) is 11.7 Å². The summed E-state index contributed by atoms with van der Waals surface area (Å²) in [5.74, 6) is 0.294. The molecule has 5 rings (SSSR count). The Morgan fingerprint density at radius 3 is 2.74 bits per heavy atom. The van der Waals surface area contributed by atoms with E-state index in [1.807, 2.05) is 34.5 Å². The zero-order valence-electron chi connectivity index (χ0n) is 17.4. The number of nitrogens with zero attached hydrogens (tertiary/aromatic N) is 4. The first-order valence-corrected chi connectivity index (χ1v) is 10.3. The van der Waals surface area contributed by atoms with E-state index in [-0.39, 0.29) is 28.9 Å². The summed E-state index contributed by atoms with van der Waals surface area (Å²) in [7, 11) is 3.32. The number of rotatable bonds is 3. The first kappa shape index (κ1) is 19.5. The summed E-state index contributed by atoms with van der Waals surface area (Å²) in [6.07, 6.45) is 4.40. The molecule has 3 aromatic rings. The van der Waals surface area contributed by atoms with Crippen molar-refractivity contribution in [3.63, 3.8) is 0 Å². The van der Waals surface area contributed by atoms with Gasteiger partial charge in [0.05, 0.1) is 18.2 Å². The number of carbonyl (C=O) groups is 1. The minimum absolute atomic E-state index is 0.0425. The first-order chi connectivity index (χ1) is 15.0. The average molecular weight is 422 g/mol. The zero-order valence-corrected chi connectivity index (χ0v) is 17.4. The van der Waals surface area contributed by atoms with Crippen molar-refractivity contribution in [2.75, 3.05) is 20.2 Å². The Hall–Kier alpha value is -3.42. The van der Waals surface area contributed by atoms with Gasteiger partial charge in [-0.1, -0.05) is 0 Å². The number of aromatic nitrogens is 3. The Morgan fingerprint density at radius 2 is 2.03 bits per heavy atom. The lowest BCUT2D eigenvalue weighted by Gasteiger charge is -2.43. The van der Waals surface area contributed by atoms with Gasteiger partial charge < -0.3 is 18.8 Å². The highest BCUT2D eigenvalue weighted by Gasteiger charge is 2.37. The van der Waals surface area contributed by atoms with Crippen LogP contribution in [0.25, 0.3) is 11.4 Å². The van der Waals surface area contributed by atoms with Gasteiger partial charge in [0.25, 0.3) is 11.5 Å². The molecule has 1 aromatic carbocycles. The number of likely N-dealkylation sites (tertiary alicyclic amines) is 1. The van der Waals surface area contributed by atoms with Crippen molar-refractivity contribution in [3.05, 3.63) is 70.2 Å². The third-order valence-electron chi connectivity index (χ3n) is 6.36. The van der Waals surface area contributed by atoms with Gasteiger partial charge >= 0.3 is 0 Å². The lowest BCUT2D eigenvalue weighted by Crippen LogP contribution is -2.49. The molecule has 0 N–H and O–H groups in total. The van der Waals surface area contributed by atoms with Gasteiger partial charge in [0.1, 0.15) is 17.4 Å². The van der Waals surface area contributed by atoms with Crippen LogP contribution in [0.3, 0.4) is 0 Å². The molecule has 0 saturated carbocycles. The summed E-state index contributed by atoms with van der Waals surface area (Å²) in [6, 6.07) is 8.08. The topological polar surface area (TPSA) is 69.4 Å². The van der Waals surface area contributed by atoms with Crippen LogP contribution in [-0.2, 0) is 13.6 Å². The summed E-state index contributed by atoms with van der Waals surface area (Å²) in [5.41, 5.74) is 1.49. The Balaban J connectivity index is 1.45. The molecular formula is C23H23FN4O3. The fraction of sp³-hybridized carbons (Fsp3) is 0.348. The van der Waals surface area contributed by atoms with Gasteiger partial charge in [0, 0.05) is 56.8 Å². The number of piperidine rings is 1. The van der Waals surface area contributed by atoms with Gasteiger partial charge in [0.2, 0.25) is 0 Å². The molecule has 1 saturated heterocycles. The second-order valence-electron chi connectivity index (χ2n) is 8.30. The number of methoxy groups -OCH3 is 1. The molecule has 7 nitrogen and oxygen atoms in total. The number of ether oxygens (including phenoxy) is 1. The number of halogens is 1. The van der Waals surface area contributed by atoms with Gasteiger partial charge in [-0.25, -0.2) is 9.37 Å². The minimum Gasteiger partial charge on any atom is -0.497 e. The van der Waals surface area contributed by atoms with Crippen molar-refractivity contribution in [2.45, 2.75) is 18.9 Å². The van der Waals surface area contributed by atoms with E-state index in [1.165, 1.54) is 19.2 Å². The van der Waals surface area contributed by atoms with Crippen molar-refractivity contribution >= 4 is 5.91 Å². The third kappa shape index (κ3) is 3.22. The highest BCUT2D eigenvalue weighted by Crippen LogP contribution is 2.36. The van der Waals surface area contributed by atoms with Crippen LogP contribution >= 0.6 is 0 Å². The van der Waals surface area contributed by atoms with Crippen molar-refractivity contribution in [1.82, 2.24) is 19.0 Å². The van der Waals surface area contributed by atoms with E-state index >= 15 is 0 Å². The molecule has 0 radical (unpaired) electrons. The molecule has 8 heteroatoms. The van der Waals surface area contributed by atoms with Crippen LogP contribution in [0.4, 0.5) is 4.39 Å². The monoisotopic (exact) mass is 422 g/mol. The minimum atomic E-state index is -0.587. The Kier molecular flexibility index (Phi) is 4.64. The summed E-state index contributed by atoms with van der Waals surface area (Å²) in [6.45, 7) is 1.50. The van der Waals surface area contributed by atoms with E-state index in [0.717, 1.165) is 12.1 Å². The number of hydrogen-bond donors (Lipinski definition) is 0. The van der Waals surface area contributed by atoms with E-state index in [1.54, 1.807) is 17.2 Å². The maximum atomic E-state index is 14.5. The van der Waals surface area contributed by atoms with E-state index < -0.39 is 5.82 Å². The molecule has 0 aliphatic carbocycles. The Morgan fingerprint density at radius 1 is 1.19 bits per heavy atom. The molecule has 2 atom stereocenters. The summed E-state index contributed by atoms with van der Waals surface area (Å²) in [4.78, 5) is 32.3. The van der Waals surface area contributed by atoms with Crippen molar-refractivity contribution in [3.8, 4) is 17.1 Å². The Labute approximate surface area is 178 Å². The van der Waals surface area contributed by atoms with Crippen LogP contribution in [0.1, 0.15) is 28.4 Å². The number of carbonyl (C=O) groups excluding carboxylic acids is 1. The second kappa shape index (κ2) is 7.37. The predicted molar refractivity (Wildman–Crippen MR) is 113 cm³/mol. The van der Waals surface area contributed by atoms with Gasteiger partial charge in [-0.2, -0.15) is 0 Å². The van der Waals surface area contributed by atoms with Crippen LogP contribution < -0.4 is 10.3 Å². The number of aryl methyl sites for hydroxylation is 1. The van der Waals surface area contributed by atoms with E-state index in [9.17, 15) is 14.0 Å². The normalized spacial score (nSPS) is 19.8. The fourth-order valence-electron chi connectivity index (χ4n) is 4.87. The smallest absolute Gasteiger partial charge is 0.261 e. The molecular weight excluding hydrogens is 399 g/mol. The molecule has 1 fully saturated rings. The third-order valence-corrected chi connectivity index (χ3v) is 6.36. The van der Waals surface area contributed by atoms with E-state index in [0.29, 0.717) is 36.8 Å². The molecule has 2 aliphatic heterocycles. The van der Waals surface area contributed by atoms with Gasteiger partial charge in [-0.15, -0.1) is 0 Å². The number of benzene rings is 1. The predicted octanol–water partition coefficient (Wildman–Crippen LogP) is 2.66. The highest BCUT2D eigenvalue weighted by atomic mass is 19.1. The van der Waals surface area contributed by atoms with Crippen LogP contribution in [0.5, 0.6) is 5.75 Å². The number of pyridine rings is 1. The molecule has 2 aliphatic rings. The van der Waals surface area contributed by atoms with Crippen molar-refractivity contribution in [1.29, 1.82) is 0 Å². The van der Waals surface area contributed by atoms with Gasteiger partial charge in [-0.3, -0.25) is 9.59 Å². The standard InChI is InChI=1S/C23H23FN4O3/c1-26-8-7-25-21(26)18-5-6-20-15-9-14(12-28(20)23(18)30)11-27(13-15)22(29)17-4-3-16(31-2)10-19(17)24/h3-8,10,14-15H,9,11-13H2,1-2H3/t14-,15+/m0/s1. The molecule has 2 bridgehead atoms. The SMILES string of the molecule is COc1ccc(C(=O)N2C[C@@H]3C[C@H](C2)c2ccc(-c4nccn4C)c(=O)n2C3)c(F)c1. The summed E-state index contributed by atoms with van der Waals surface area (Å²) >= 11 is 0. The molecule has 0 spiro atoms. The van der Waals surface area contributed by atoms with Crippen LogP contribution in [0.2, 0.25) is 0 Å². The lowest BCUT2D eigenvalue weighted by atomic mass is 9.82. The van der Waals surface area contributed by atoms with Gasteiger partial charge in [0.15, 0.2) is 0 Å². The zero-order chi connectivity index (χ0) is 21.7. The molecule has 160 valence electrons. The summed E-state index contributed by atoms with van der Waals surface area (Å²) in [5, 5.41) is 0. The maximum Gasteiger partial charge on any atom is 0.261 e. The molecule has 4 heterocycles. The molecule has 2 aromatic heterocycles. The number of imidazole rings is 1. The molecule has 0 unspecified atom stereocenters. The van der Waals surface area contributed by atoms with Crippen molar-refractivity contribution in [2.24, 2.45) is 13.0 Å². The molecule has 31 heavy (non-hydrogen) atoms. The van der Waals surface area contributed by atoms with Crippen LogP contribution in [-0.4, -0.2) is 45.1 Å². The van der Waals surface area contributed by atoms with E-state index in [2.05, 4.69) is 4.98 Å². The average Bonchev–Trinajstić information content (AvgIpc) is 3.19. The quantitative estimate of drug-likeness (QED) is 0.651. The van der Waals surface area contributed by atoms with Crippen molar-refractivity contribution < 1.29 is 13.9 Å². The maximum absolute atomic E-state index is 14.5.